The van der Waals surface area contributed by atoms with E-state index < -0.39 is 0 Å². The van der Waals surface area contributed by atoms with E-state index in [0.717, 1.165) is 10.2 Å². The fourth-order valence-electron chi connectivity index (χ4n) is 1.17. The molecule has 3 rings (SSSR count). The fourth-order valence-corrected chi connectivity index (χ4v) is 1.53. The van der Waals surface area contributed by atoms with Crippen molar-refractivity contribution in [2.75, 3.05) is 0 Å². The minimum Gasteiger partial charge on any atom is -0.248 e. The van der Waals surface area contributed by atoms with Crippen molar-refractivity contribution in [1.82, 2.24) is 4.98 Å². The molecule has 0 aromatic carbocycles. The normalized spacial score (nSPS) is 9.60. The summed E-state index contributed by atoms with van der Waals surface area (Å²) in [4.78, 5) is 3.92. The van der Waals surface area contributed by atoms with Gasteiger partial charge in [-0.2, -0.15) is 0 Å². The van der Waals surface area contributed by atoms with Crippen molar-refractivity contribution < 1.29 is 0 Å². The Labute approximate surface area is 97.3 Å². The second-order valence-electron chi connectivity index (χ2n) is 3.07. The summed E-state index contributed by atoms with van der Waals surface area (Å²) in [5, 5.41) is 0. The van der Waals surface area contributed by atoms with Gasteiger partial charge in [0.1, 0.15) is 4.60 Å². The van der Waals surface area contributed by atoms with Crippen molar-refractivity contribution >= 4 is 15.9 Å². The highest BCUT2D eigenvalue weighted by Crippen LogP contribution is 2.32. The van der Waals surface area contributed by atoms with Gasteiger partial charge in [-0.25, -0.2) is 4.98 Å². The molecule has 0 N–H and O–H groups in total. The van der Waals surface area contributed by atoms with E-state index in [1.807, 2.05) is 6.07 Å². The summed E-state index contributed by atoms with van der Waals surface area (Å²) in [5.74, 6) is 2.49. The lowest BCUT2D eigenvalue weighted by molar-refractivity contribution is 1.26. The van der Waals surface area contributed by atoms with E-state index in [4.69, 9.17) is 6.42 Å². The quantitative estimate of drug-likeness (QED) is 0.444. The summed E-state index contributed by atoms with van der Waals surface area (Å²) < 4.78 is 0.729. The van der Waals surface area contributed by atoms with Crippen molar-refractivity contribution in [3.05, 3.63) is 52.8 Å². The maximum atomic E-state index is 5.13. The Bertz CT molecular complexity index is 509. The Morgan fingerprint density at radius 3 is 2.20 bits per heavy atom. The molecular formula is C13H8BrN. The van der Waals surface area contributed by atoms with Gasteiger partial charge < -0.3 is 0 Å². The number of nitrogens with zero attached hydrogens (tertiary/aromatic N) is 1. The summed E-state index contributed by atoms with van der Waals surface area (Å²) in [6.45, 7) is 0. The van der Waals surface area contributed by atoms with Crippen LogP contribution in [-0.2, 0) is 0 Å². The van der Waals surface area contributed by atoms with Gasteiger partial charge in [0.05, 0.1) is 5.56 Å². The smallest absolute Gasteiger partial charge is 0.121 e. The van der Waals surface area contributed by atoms with Gasteiger partial charge >= 0.3 is 0 Å². The van der Waals surface area contributed by atoms with Crippen molar-refractivity contribution in [2.45, 2.75) is 0 Å². The average molecular weight is 258 g/mol. The van der Waals surface area contributed by atoms with Crippen LogP contribution >= 0.6 is 15.9 Å². The molecule has 2 heteroatoms. The summed E-state index contributed by atoms with van der Waals surface area (Å²) in [6.07, 6.45) is 6.82. The number of hydrogen-bond donors (Lipinski definition) is 0. The molecule has 0 radical (unpaired) electrons. The van der Waals surface area contributed by atoms with E-state index in [-0.39, 0.29) is 0 Å². The van der Waals surface area contributed by atoms with Crippen LogP contribution in [0.3, 0.4) is 0 Å². The average Bonchev–Trinajstić information content (AvgIpc) is 2.87. The van der Waals surface area contributed by atoms with Crippen LogP contribution in [0.4, 0.5) is 0 Å². The third-order valence-corrected chi connectivity index (χ3v) is 2.66. The van der Waals surface area contributed by atoms with Gasteiger partial charge in [-0.15, -0.1) is 6.42 Å². The number of terminal acetylenes is 1. The highest BCUT2D eigenvalue weighted by atomic mass is 79.9. The first-order valence-electron chi connectivity index (χ1n) is 4.49. The first kappa shape index (κ1) is 9.95. The SMILES string of the molecule is C#Cc1cccnc1Br.c1cc2cc-2c1. The Kier molecular flexibility index (Phi) is 2.84. The second-order valence-corrected chi connectivity index (χ2v) is 3.82. The molecule has 0 atom stereocenters. The molecule has 0 fully saturated rings. The highest BCUT2D eigenvalue weighted by molar-refractivity contribution is 9.10. The van der Waals surface area contributed by atoms with Crippen LogP contribution in [-0.4, -0.2) is 4.98 Å². The monoisotopic (exact) mass is 257 g/mol. The zero-order valence-corrected chi connectivity index (χ0v) is 9.53. The van der Waals surface area contributed by atoms with Crippen molar-refractivity contribution in [3.63, 3.8) is 0 Å². The lowest BCUT2D eigenvalue weighted by Crippen LogP contribution is -1.78. The number of hydrogen-bond acceptors (Lipinski definition) is 1. The molecule has 1 nitrogen and oxygen atoms in total. The van der Waals surface area contributed by atoms with E-state index in [9.17, 15) is 0 Å². The van der Waals surface area contributed by atoms with Crippen LogP contribution < -0.4 is 0 Å². The Morgan fingerprint density at radius 2 is 1.87 bits per heavy atom. The van der Waals surface area contributed by atoms with Crippen LogP contribution in [0.1, 0.15) is 5.56 Å². The summed E-state index contributed by atoms with van der Waals surface area (Å²) in [7, 11) is 0. The lowest BCUT2D eigenvalue weighted by Gasteiger charge is -1.89. The number of halogens is 1. The lowest BCUT2D eigenvalue weighted by atomic mass is 10.3. The standard InChI is InChI=1S/C7H4BrN.C6H4/c1-2-6-4-3-5-9-7(6)8;1-2-5-4-6(5)3-1/h1,3-5H;1-4H. The molecule has 0 bridgehead atoms. The number of pyridine rings is 1. The molecule has 0 saturated carbocycles. The van der Waals surface area contributed by atoms with Gasteiger partial charge in [0.25, 0.3) is 0 Å². The number of aromatic nitrogens is 1. The third kappa shape index (κ3) is 2.45. The van der Waals surface area contributed by atoms with Crippen molar-refractivity contribution in [3.8, 4) is 23.5 Å². The molecular weight excluding hydrogens is 250 g/mol. The van der Waals surface area contributed by atoms with Crippen LogP contribution in [0.2, 0.25) is 0 Å². The third-order valence-electron chi connectivity index (χ3n) is 2.03. The highest BCUT2D eigenvalue weighted by Gasteiger charge is 2.06. The largest absolute Gasteiger partial charge is 0.248 e. The Balaban J connectivity index is 0.000000121. The molecule has 2 aliphatic rings. The molecule has 0 amide bonds. The van der Waals surface area contributed by atoms with Gasteiger partial charge in [-0.3, -0.25) is 0 Å². The maximum absolute atomic E-state index is 5.13. The predicted molar refractivity (Wildman–Crippen MR) is 65.3 cm³/mol. The van der Waals surface area contributed by atoms with Crippen molar-refractivity contribution in [2.24, 2.45) is 0 Å². The number of rotatable bonds is 0. The first-order chi connectivity index (χ1) is 7.31. The van der Waals surface area contributed by atoms with E-state index in [1.165, 1.54) is 11.1 Å². The van der Waals surface area contributed by atoms with Crippen LogP contribution in [0.15, 0.2) is 47.2 Å². The molecule has 2 aliphatic carbocycles. The minimum absolute atomic E-state index is 0.729. The Hall–Kier alpha value is -1.59. The number of fused-ring (bicyclic) bond motifs is 1. The minimum atomic E-state index is 0.729. The van der Waals surface area contributed by atoms with Crippen LogP contribution in [0.25, 0.3) is 11.1 Å². The van der Waals surface area contributed by atoms with Crippen LogP contribution in [0.5, 0.6) is 0 Å². The summed E-state index contributed by atoms with van der Waals surface area (Å²) >= 11 is 3.20. The van der Waals surface area contributed by atoms with E-state index in [2.05, 4.69) is 51.1 Å². The van der Waals surface area contributed by atoms with Gasteiger partial charge in [-0.1, -0.05) is 24.1 Å². The van der Waals surface area contributed by atoms with Gasteiger partial charge in [0.2, 0.25) is 0 Å². The zero-order valence-electron chi connectivity index (χ0n) is 7.94. The summed E-state index contributed by atoms with van der Waals surface area (Å²) in [6, 6.07) is 12.1. The van der Waals surface area contributed by atoms with E-state index >= 15 is 0 Å². The molecule has 1 aromatic rings. The molecule has 15 heavy (non-hydrogen) atoms. The predicted octanol–water partition coefficient (Wildman–Crippen LogP) is 3.49. The van der Waals surface area contributed by atoms with E-state index in [1.54, 1.807) is 12.3 Å². The molecule has 0 spiro atoms. The second kappa shape index (κ2) is 4.29. The Morgan fingerprint density at radius 1 is 1.13 bits per heavy atom. The van der Waals surface area contributed by atoms with Gasteiger partial charge in [-0.05, 0) is 45.3 Å². The van der Waals surface area contributed by atoms with Crippen molar-refractivity contribution in [1.29, 1.82) is 0 Å². The zero-order chi connectivity index (χ0) is 10.7. The molecule has 0 saturated heterocycles. The molecule has 0 aliphatic heterocycles. The van der Waals surface area contributed by atoms with Gasteiger partial charge in [0, 0.05) is 6.20 Å². The number of benzene rings is 1. The van der Waals surface area contributed by atoms with Gasteiger partial charge in [0.15, 0.2) is 0 Å². The first-order valence-corrected chi connectivity index (χ1v) is 5.28. The molecule has 72 valence electrons. The maximum Gasteiger partial charge on any atom is 0.121 e. The topological polar surface area (TPSA) is 12.9 Å². The fraction of sp³-hybridized carbons (Fsp3) is 0. The molecule has 1 heterocycles. The molecule has 1 aromatic heterocycles. The van der Waals surface area contributed by atoms with Crippen LogP contribution in [0, 0.1) is 12.3 Å². The summed E-state index contributed by atoms with van der Waals surface area (Å²) in [5.41, 5.74) is 3.64. The molecule has 0 unspecified atom stereocenters. The van der Waals surface area contributed by atoms with E-state index in [0.29, 0.717) is 0 Å².